The van der Waals surface area contributed by atoms with Crippen molar-refractivity contribution in [3.05, 3.63) is 43.4 Å². The first-order valence-electron chi connectivity index (χ1n) is 5.73. The SMILES string of the molecule is Cc1cc2c(c(Cl)c1Cl)Sc1c(cc(C)c(Cl)c1Cl)O2. The first-order chi connectivity index (χ1) is 9.40. The molecule has 0 saturated carbocycles. The summed E-state index contributed by atoms with van der Waals surface area (Å²) in [4.78, 5) is 1.52. The van der Waals surface area contributed by atoms with Gasteiger partial charge < -0.3 is 4.74 Å². The molecular formula is C14H8Cl4OS. The summed E-state index contributed by atoms with van der Waals surface area (Å²) in [5, 5.41) is 2.01. The third-order valence-corrected chi connectivity index (χ3v) is 6.41. The minimum absolute atomic E-state index is 0.477. The van der Waals surface area contributed by atoms with E-state index in [2.05, 4.69) is 0 Å². The van der Waals surface area contributed by atoms with Crippen LogP contribution in [0, 0.1) is 13.8 Å². The van der Waals surface area contributed by atoms with Crippen LogP contribution >= 0.6 is 58.2 Å². The zero-order valence-electron chi connectivity index (χ0n) is 10.5. The fourth-order valence-electron chi connectivity index (χ4n) is 1.98. The molecule has 0 saturated heterocycles. The van der Waals surface area contributed by atoms with E-state index in [9.17, 15) is 0 Å². The molecule has 104 valence electrons. The zero-order valence-corrected chi connectivity index (χ0v) is 14.3. The van der Waals surface area contributed by atoms with Crippen LogP contribution in [0.5, 0.6) is 11.5 Å². The van der Waals surface area contributed by atoms with Gasteiger partial charge in [0.25, 0.3) is 0 Å². The van der Waals surface area contributed by atoms with Gasteiger partial charge in [-0.15, -0.1) is 0 Å². The van der Waals surface area contributed by atoms with Gasteiger partial charge in [-0.2, -0.15) is 0 Å². The highest BCUT2D eigenvalue weighted by molar-refractivity contribution is 7.99. The molecule has 0 amide bonds. The quantitative estimate of drug-likeness (QED) is 0.417. The Morgan fingerprint density at radius 1 is 0.750 bits per heavy atom. The summed E-state index contributed by atoms with van der Waals surface area (Å²) < 4.78 is 5.90. The van der Waals surface area contributed by atoms with Gasteiger partial charge in [0.1, 0.15) is 11.5 Å². The molecule has 1 heterocycles. The number of halogens is 4. The standard InChI is InChI=1S/C14H8Cl4OS/c1-5-3-7-13(11(17)9(5)15)20-14-8(19-7)4-6(2)10(16)12(14)18/h3-4H,1-2H3. The van der Waals surface area contributed by atoms with Crippen LogP contribution < -0.4 is 4.74 Å². The second-order valence-electron chi connectivity index (χ2n) is 4.50. The fourth-order valence-corrected chi connectivity index (χ4v) is 4.09. The van der Waals surface area contributed by atoms with E-state index in [-0.39, 0.29) is 0 Å². The minimum atomic E-state index is 0.477. The normalized spacial score (nSPS) is 12.7. The van der Waals surface area contributed by atoms with Gasteiger partial charge in [-0.05, 0) is 37.1 Å². The van der Waals surface area contributed by atoms with E-state index < -0.39 is 0 Å². The number of fused-ring (bicyclic) bond motifs is 2. The Morgan fingerprint density at radius 2 is 1.15 bits per heavy atom. The molecule has 0 unspecified atom stereocenters. The van der Waals surface area contributed by atoms with E-state index in [1.807, 2.05) is 26.0 Å². The van der Waals surface area contributed by atoms with E-state index in [0.717, 1.165) is 20.9 Å². The van der Waals surface area contributed by atoms with Crippen molar-refractivity contribution in [3.63, 3.8) is 0 Å². The Morgan fingerprint density at radius 3 is 1.55 bits per heavy atom. The van der Waals surface area contributed by atoms with Crippen LogP contribution in [0.2, 0.25) is 20.1 Å². The molecule has 0 bridgehead atoms. The number of aryl methyl sites for hydroxylation is 2. The average Bonchev–Trinajstić information content (AvgIpc) is 2.41. The van der Waals surface area contributed by atoms with Crippen LogP contribution in [0.25, 0.3) is 0 Å². The molecule has 0 fully saturated rings. The lowest BCUT2D eigenvalue weighted by Gasteiger charge is -2.23. The molecule has 0 aliphatic carbocycles. The van der Waals surface area contributed by atoms with Crippen molar-refractivity contribution in [2.75, 3.05) is 0 Å². The third-order valence-electron chi connectivity index (χ3n) is 3.04. The molecule has 20 heavy (non-hydrogen) atoms. The lowest BCUT2D eigenvalue weighted by atomic mass is 10.2. The van der Waals surface area contributed by atoms with Crippen LogP contribution in [-0.4, -0.2) is 0 Å². The van der Waals surface area contributed by atoms with Crippen molar-refractivity contribution in [2.45, 2.75) is 23.6 Å². The predicted molar refractivity (Wildman–Crippen MR) is 86.6 cm³/mol. The highest BCUT2D eigenvalue weighted by atomic mass is 35.5. The largest absolute Gasteiger partial charge is 0.455 e. The van der Waals surface area contributed by atoms with Gasteiger partial charge in [0.15, 0.2) is 0 Å². The predicted octanol–water partition coefficient (Wildman–Crippen LogP) is 7.17. The van der Waals surface area contributed by atoms with Crippen molar-refractivity contribution in [3.8, 4) is 11.5 Å². The maximum atomic E-state index is 6.30. The van der Waals surface area contributed by atoms with Crippen molar-refractivity contribution in [1.29, 1.82) is 0 Å². The summed E-state index contributed by atoms with van der Waals surface area (Å²) in [6.07, 6.45) is 0. The van der Waals surface area contributed by atoms with Gasteiger partial charge in [-0.25, -0.2) is 0 Å². The first-order valence-corrected chi connectivity index (χ1v) is 8.06. The van der Waals surface area contributed by atoms with Crippen molar-refractivity contribution in [2.24, 2.45) is 0 Å². The molecule has 0 radical (unpaired) electrons. The Hall–Kier alpha value is -0.250. The monoisotopic (exact) mass is 364 g/mol. The van der Waals surface area contributed by atoms with Gasteiger partial charge in [-0.3, -0.25) is 0 Å². The van der Waals surface area contributed by atoms with Gasteiger partial charge in [0, 0.05) is 0 Å². The van der Waals surface area contributed by atoms with Crippen LogP contribution in [0.1, 0.15) is 11.1 Å². The fraction of sp³-hybridized carbons (Fsp3) is 0.143. The number of ether oxygens (including phenoxy) is 1. The highest BCUT2D eigenvalue weighted by Gasteiger charge is 2.26. The molecule has 2 aromatic carbocycles. The number of rotatable bonds is 0. The lowest BCUT2D eigenvalue weighted by Crippen LogP contribution is -1.99. The van der Waals surface area contributed by atoms with Crippen molar-refractivity contribution in [1.82, 2.24) is 0 Å². The molecule has 0 atom stereocenters. The van der Waals surface area contributed by atoms with Gasteiger partial charge in [0.2, 0.25) is 0 Å². The maximum absolute atomic E-state index is 6.30. The van der Waals surface area contributed by atoms with E-state index in [1.165, 1.54) is 11.8 Å². The Bertz CT molecular complexity index is 681. The molecule has 0 aromatic heterocycles. The lowest BCUT2D eigenvalue weighted by molar-refractivity contribution is 0.454. The minimum Gasteiger partial charge on any atom is -0.455 e. The third kappa shape index (κ3) is 2.18. The van der Waals surface area contributed by atoms with E-state index in [1.54, 1.807) is 0 Å². The van der Waals surface area contributed by atoms with Gasteiger partial charge in [-0.1, -0.05) is 58.2 Å². The summed E-state index contributed by atoms with van der Waals surface area (Å²) in [6.45, 7) is 3.77. The van der Waals surface area contributed by atoms with Crippen molar-refractivity contribution < 1.29 is 4.74 Å². The number of hydrogen-bond donors (Lipinski definition) is 0. The Kier molecular flexibility index (Phi) is 3.81. The Labute approximate surface area is 141 Å². The van der Waals surface area contributed by atoms with E-state index in [0.29, 0.717) is 31.6 Å². The summed E-state index contributed by atoms with van der Waals surface area (Å²) in [6, 6.07) is 3.74. The molecule has 2 aromatic rings. The molecule has 1 aliphatic rings. The highest BCUT2D eigenvalue weighted by Crippen LogP contribution is 2.55. The first kappa shape index (κ1) is 14.7. The molecule has 3 rings (SSSR count). The van der Waals surface area contributed by atoms with Crippen LogP contribution in [0.4, 0.5) is 0 Å². The van der Waals surface area contributed by atoms with Crippen LogP contribution in [-0.2, 0) is 0 Å². The molecule has 0 N–H and O–H groups in total. The van der Waals surface area contributed by atoms with Crippen LogP contribution in [0.15, 0.2) is 21.9 Å². The van der Waals surface area contributed by atoms with E-state index in [4.69, 9.17) is 51.1 Å². The number of benzene rings is 2. The van der Waals surface area contributed by atoms with Gasteiger partial charge in [0.05, 0.1) is 29.9 Å². The van der Waals surface area contributed by atoms with E-state index >= 15 is 0 Å². The summed E-state index contributed by atoms with van der Waals surface area (Å²) in [5.41, 5.74) is 1.74. The second-order valence-corrected chi connectivity index (χ2v) is 7.03. The molecular weight excluding hydrogens is 358 g/mol. The number of hydrogen-bond acceptors (Lipinski definition) is 2. The second kappa shape index (κ2) is 5.19. The summed E-state index contributed by atoms with van der Waals surface area (Å²) in [7, 11) is 0. The topological polar surface area (TPSA) is 9.23 Å². The summed E-state index contributed by atoms with van der Waals surface area (Å²) in [5.74, 6) is 1.37. The smallest absolute Gasteiger partial charge is 0.143 e. The maximum Gasteiger partial charge on any atom is 0.143 e. The molecule has 6 heteroatoms. The average molecular weight is 366 g/mol. The van der Waals surface area contributed by atoms with Gasteiger partial charge >= 0.3 is 0 Å². The molecule has 1 aliphatic heterocycles. The van der Waals surface area contributed by atoms with Crippen molar-refractivity contribution >= 4 is 58.2 Å². The zero-order chi connectivity index (χ0) is 14.6. The van der Waals surface area contributed by atoms with Crippen LogP contribution in [0.3, 0.4) is 0 Å². The molecule has 1 nitrogen and oxygen atoms in total. The Balaban J connectivity index is 2.22. The summed E-state index contributed by atoms with van der Waals surface area (Å²) >= 11 is 26.4. The molecule has 0 spiro atoms.